The third-order valence-electron chi connectivity index (χ3n) is 5.83. The van der Waals surface area contributed by atoms with Crippen LogP contribution < -0.4 is 14.8 Å². The predicted octanol–water partition coefficient (Wildman–Crippen LogP) is 5.96. The monoisotopic (exact) mass is 585 g/mol. The van der Waals surface area contributed by atoms with E-state index in [-0.39, 0.29) is 41.4 Å². The molecule has 0 radical (unpaired) electrons. The standard InChI is InChI=1S/C25H16F5N3O4S.ClH/c1-33-13-3-2-4-14(37-23-20(29)18(27)17(26)19(28)21(23)30)22(13)31-16(33)10-36-12-7-5-11(6-8-12)9-15-24(34)32-25(35)38-15;/h2-8,15H,9-10H2,1H3,(H,32,34,35);1H. The van der Waals surface area contributed by atoms with E-state index in [4.69, 9.17) is 9.47 Å². The lowest BCUT2D eigenvalue weighted by atomic mass is 10.1. The number of hydrogen-bond donors (Lipinski definition) is 1. The van der Waals surface area contributed by atoms with Gasteiger partial charge in [-0.05, 0) is 36.2 Å². The third kappa shape index (κ3) is 5.36. The van der Waals surface area contributed by atoms with Crippen LogP contribution in [0.4, 0.5) is 26.7 Å². The normalized spacial score (nSPS) is 14.9. The fraction of sp³-hybridized carbons (Fsp3) is 0.160. The minimum Gasteiger partial charge on any atom is -0.486 e. The molecule has 1 fully saturated rings. The molecule has 1 atom stereocenters. The Morgan fingerprint density at radius 1 is 0.949 bits per heavy atom. The van der Waals surface area contributed by atoms with Crippen LogP contribution in [-0.2, 0) is 24.9 Å². The van der Waals surface area contributed by atoms with Crippen molar-refractivity contribution in [3.63, 3.8) is 0 Å². The van der Waals surface area contributed by atoms with Crippen molar-refractivity contribution in [2.45, 2.75) is 18.3 Å². The molecule has 5 rings (SSSR count). The predicted molar refractivity (Wildman–Crippen MR) is 134 cm³/mol. The molecule has 0 saturated carbocycles. The van der Waals surface area contributed by atoms with E-state index in [0.717, 1.165) is 17.3 Å². The number of aromatic nitrogens is 2. The van der Waals surface area contributed by atoms with Gasteiger partial charge in [0.05, 0.1) is 10.8 Å². The van der Waals surface area contributed by atoms with Gasteiger partial charge in [0.2, 0.25) is 40.7 Å². The molecule has 0 spiro atoms. The molecule has 204 valence electrons. The second-order valence-electron chi connectivity index (χ2n) is 8.23. The van der Waals surface area contributed by atoms with Crippen LogP contribution >= 0.6 is 24.2 Å². The molecule has 4 aromatic rings. The van der Waals surface area contributed by atoms with Crippen LogP contribution in [0.15, 0.2) is 42.5 Å². The maximum absolute atomic E-state index is 14.1. The first-order valence-corrected chi connectivity index (χ1v) is 11.9. The molecule has 1 N–H and O–H groups in total. The molecule has 1 aliphatic heterocycles. The zero-order valence-electron chi connectivity index (χ0n) is 19.8. The smallest absolute Gasteiger partial charge is 0.286 e. The van der Waals surface area contributed by atoms with Gasteiger partial charge in [-0.3, -0.25) is 14.9 Å². The Hall–Kier alpha value is -3.84. The van der Waals surface area contributed by atoms with E-state index < -0.39 is 40.1 Å². The van der Waals surface area contributed by atoms with Crippen molar-refractivity contribution >= 4 is 46.3 Å². The first-order chi connectivity index (χ1) is 18.1. The Morgan fingerprint density at radius 3 is 2.21 bits per heavy atom. The summed E-state index contributed by atoms with van der Waals surface area (Å²) in [4.78, 5) is 27.4. The third-order valence-corrected chi connectivity index (χ3v) is 6.81. The summed E-state index contributed by atoms with van der Waals surface area (Å²) >= 11 is 0.941. The molecule has 39 heavy (non-hydrogen) atoms. The fourth-order valence-electron chi connectivity index (χ4n) is 3.84. The Labute approximate surface area is 227 Å². The van der Waals surface area contributed by atoms with Crippen molar-refractivity contribution in [1.82, 2.24) is 14.9 Å². The van der Waals surface area contributed by atoms with Gasteiger partial charge in [0.15, 0.2) is 5.75 Å². The molecule has 0 aliphatic carbocycles. The Kier molecular flexibility index (Phi) is 8.02. The van der Waals surface area contributed by atoms with Gasteiger partial charge in [-0.25, -0.2) is 18.2 Å². The number of nitrogens with zero attached hydrogens (tertiary/aromatic N) is 2. The number of amides is 2. The molecule has 3 aromatic carbocycles. The SMILES string of the molecule is Cl.Cn1c(COc2ccc(CC3SC(=O)NC3=O)cc2)nc2c(Oc3c(F)c(F)c(F)c(F)c3F)cccc21. The lowest BCUT2D eigenvalue weighted by molar-refractivity contribution is -0.118. The van der Waals surface area contributed by atoms with Gasteiger partial charge in [0.1, 0.15) is 23.7 Å². The minimum absolute atomic E-state index is 0. The number of aryl methyl sites for hydroxylation is 1. The first-order valence-electron chi connectivity index (χ1n) is 11.0. The van der Waals surface area contributed by atoms with Gasteiger partial charge < -0.3 is 14.0 Å². The highest BCUT2D eigenvalue weighted by Crippen LogP contribution is 2.36. The average Bonchev–Trinajstić information content (AvgIpc) is 3.41. The quantitative estimate of drug-likeness (QED) is 0.164. The van der Waals surface area contributed by atoms with E-state index in [0.29, 0.717) is 23.5 Å². The number of halogens is 6. The molecule has 7 nitrogen and oxygen atoms in total. The number of benzene rings is 3. The van der Waals surface area contributed by atoms with Crippen molar-refractivity contribution in [1.29, 1.82) is 0 Å². The van der Waals surface area contributed by atoms with Gasteiger partial charge in [0.25, 0.3) is 5.24 Å². The van der Waals surface area contributed by atoms with Crippen molar-refractivity contribution in [2.75, 3.05) is 0 Å². The van der Waals surface area contributed by atoms with Crippen molar-refractivity contribution in [2.24, 2.45) is 7.05 Å². The van der Waals surface area contributed by atoms with Crippen molar-refractivity contribution in [3.05, 3.63) is 82.9 Å². The van der Waals surface area contributed by atoms with Gasteiger partial charge in [-0.15, -0.1) is 12.4 Å². The second-order valence-corrected chi connectivity index (χ2v) is 9.41. The van der Waals surface area contributed by atoms with Crippen LogP contribution in [-0.4, -0.2) is 25.9 Å². The van der Waals surface area contributed by atoms with Crippen molar-refractivity contribution in [3.8, 4) is 17.2 Å². The van der Waals surface area contributed by atoms with Crippen LogP contribution in [0.25, 0.3) is 11.0 Å². The van der Waals surface area contributed by atoms with Gasteiger partial charge in [0, 0.05) is 7.05 Å². The summed E-state index contributed by atoms with van der Waals surface area (Å²) in [5.41, 5.74) is 1.41. The number of ether oxygens (including phenoxy) is 2. The number of carbonyl (C=O) groups excluding carboxylic acids is 2. The van der Waals surface area contributed by atoms with Crippen molar-refractivity contribution < 1.29 is 41.0 Å². The van der Waals surface area contributed by atoms with Gasteiger partial charge in [-0.2, -0.15) is 8.78 Å². The zero-order valence-corrected chi connectivity index (χ0v) is 21.4. The highest BCUT2D eigenvalue weighted by Gasteiger charge is 2.31. The van der Waals surface area contributed by atoms with Crippen LogP contribution in [0.3, 0.4) is 0 Å². The number of fused-ring (bicyclic) bond motifs is 1. The van der Waals surface area contributed by atoms with E-state index in [1.54, 1.807) is 41.9 Å². The topological polar surface area (TPSA) is 82.5 Å². The summed E-state index contributed by atoms with van der Waals surface area (Å²) in [6.07, 6.45) is 0.374. The number of para-hydroxylation sites is 1. The van der Waals surface area contributed by atoms with Crippen LogP contribution in [0.5, 0.6) is 17.2 Å². The summed E-state index contributed by atoms with van der Waals surface area (Å²) in [6.45, 7) is -0.0259. The van der Waals surface area contributed by atoms with E-state index in [1.165, 1.54) is 12.1 Å². The summed E-state index contributed by atoms with van der Waals surface area (Å²) in [5, 5.41) is 1.38. The Bertz CT molecular complexity index is 1570. The van der Waals surface area contributed by atoms with Gasteiger partial charge in [-0.1, -0.05) is 30.0 Å². The summed E-state index contributed by atoms with van der Waals surface area (Å²) in [6, 6.07) is 11.3. The zero-order chi connectivity index (χ0) is 27.1. The molecular formula is C25H17ClF5N3O4S. The lowest BCUT2D eigenvalue weighted by Crippen LogP contribution is -2.25. The van der Waals surface area contributed by atoms with E-state index in [1.807, 2.05) is 0 Å². The summed E-state index contributed by atoms with van der Waals surface area (Å²) in [5.74, 6) is -11.8. The Balaban J connectivity index is 0.00000353. The van der Waals surface area contributed by atoms with E-state index >= 15 is 0 Å². The first kappa shape index (κ1) is 28.2. The fourth-order valence-corrected chi connectivity index (χ4v) is 4.70. The van der Waals surface area contributed by atoms with Crippen LogP contribution in [0.2, 0.25) is 0 Å². The second kappa shape index (κ2) is 11.1. The molecular weight excluding hydrogens is 569 g/mol. The molecule has 2 amide bonds. The average molecular weight is 586 g/mol. The number of thioether (sulfide) groups is 1. The van der Waals surface area contributed by atoms with Crippen LogP contribution in [0, 0.1) is 29.1 Å². The molecule has 1 aromatic heterocycles. The minimum atomic E-state index is -2.28. The number of rotatable bonds is 7. The number of imidazole rings is 1. The number of carbonyl (C=O) groups is 2. The lowest BCUT2D eigenvalue weighted by Gasteiger charge is -2.10. The molecule has 2 heterocycles. The maximum Gasteiger partial charge on any atom is 0.286 e. The maximum atomic E-state index is 14.1. The number of imide groups is 1. The van der Waals surface area contributed by atoms with E-state index in [9.17, 15) is 31.5 Å². The molecule has 1 unspecified atom stereocenters. The number of nitrogens with one attached hydrogen (secondary N) is 1. The van der Waals surface area contributed by atoms with Crippen LogP contribution in [0.1, 0.15) is 11.4 Å². The summed E-state index contributed by atoms with van der Waals surface area (Å²) in [7, 11) is 1.66. The number of hydrogen-bond acceptors (Lipinski definition) is 6. The van der Waals surface area contributed by atoms with Gasteiger partial charge >= 0.3 is 0 Å². The molecule has 1 aliphatic rings. The highest BCUT2D eigenvalue weighted by molar-refractivity contribution is 8.15. The summed E-state index contributed by atoms with van der Waals surface area (Å²) < 4.78 is 81.4. The van der Waals surface area contributed by atoms with E-state index in [2.05, 4.69) is 10.3 Å². The highest BCUT2D eigenvalue weighted by atomic mass is 35.5. The molecule has 14 heteroatoms. The Morgan fingerprint density at radius 2 is 1.59 bits per heavy atom. The molecule has 1 saturated heterocycles. The molecule has 0 bridgehead atoms. The largest absolute Gasteiger partial charge is 0.486 e.